The number of carbonyl (C=O) groups is 3. The quantitative estimate of drug-likeness (QED) is 0.676. The largest absolute Gasteiger partial charge is 0.480 e. The smallest absolute Gasteiger partial charge is 0.329 e. The van der Waals surface area contributed by atoms with Crippen molar-refractivity contribution in [1.29, 1.82) is 0 Å². The van der Waals surface area contributed by atoms with Crippen molar-refractivity contribution in [3.63, 3.8) is 0 Å². The molecule has 114 valence electrons. The summed E-state index contributed by atoms with van der Waals surface area (Å²) in [5.41, 5.74) is -0.602. The number of amides is 3. The van der Waals surface area contributed by atoms with Crippen LogP contribution >= 0.6 is 0 Å². The number of hydrogen-bond acceptors (Lipinski definition) is 4. The van der Waals surface area contributed by atoms with E-state index in [9.17, 15) is 14.4 Å². The van der Waals surface area contributed by atoms with E-state index in [1.807, 2.05) is 0 Å². The highest BCUT2D eigenvalue weighted by Gasteiger charge is 2.42. The molecule has 1 saturated heterocycles. The lowest BCUT2D eigenvalue weighted by atomic mass is 9.97. The average molecular weight is 287 g/mol. The molecule has 1 aliphatic rings. The van der Waals surface area contributed by atoms with Crippen molar-refractivity contribution in [2.24, 2.45) is 0 Å². The number of hydrogen-bond donors (Lipinski definition) is 2. The minimum atomic E-state index is -1.03. The number of aliphatic carboxylic acids is 1. The summed E-state index contributed by atoms with van der Waals surface area (Å²) >= 11 is 0. The van der Waals surface area contributed by atoms with Gasteiger partial charge < -0.3 is 25.0 Å². The monoisotopic (exact) mass is 287 g/mol. The van der Waals surface area contributed by atoms with Crippen LogP contribution in [0.2, 0.25) is 0 Å². The van der Waals surface area contributed by atoms with Crippen LogP contribution in [0.5, 0.6) is 0 Å². The first-order valence-electron chi connectivity index (χ1n) is 6.32. The second kappa shape index (κ2) is 6.56. The molecule has 8 nitrogen and oxygen atoms in total. The van der Waals surface area contributed by atoms with E-state index < -0.39 is 11.6 Å². The molecule has 0 aliphatic carbocycles. The van der Waals surface area contributed by atoms with Gasteiger partial charge in [-0.15, -0.1) is 0 Å². The average Bonchev–Trinajstić information content (AvgIpc) is 2.32. The van der Waals surface area contributed by atoms with Gasteiger partial charge in [-0.3, -0.25) is 4.79 Å². The second-order valence-electron chi connectivity index (χ2n) is 5.26. The lowest BCUT2D eigenvalue weighted by Gasteiger charge is -2.46. The molecule has 0 spiro atoms. The minimum Gasteiger partial charge on any atom is -0.480 e. The Hall–Kier alpha value is -1.83. The van der Waals surface area contributed by atoms with Crippen molar-refractivity contribution in [2.45, 2.75) is 18.9 Å². The van der Waals surface area contributed by atoms with Crippen LogP contribution in [0.15, 0.2) is 0 Å². The molecule has 1 fully saturated rings. The van der Waals surface area contributed by atoms with Crippen molar-refractivity contribution in [1.82, 2.24) is 15.1 Å². The molecule has 0 saturated carbocycles. The van der Waals surface area contributed by atoms with Crippen molar-refractivity contribution in [3.8, 4) is 0 Å². The van der Waals surface area contributed by atoms with Crippen LogP contribution in [-0.2, 0) is 14.3 Å². The Balaban J connectivity index is 2.21. The first-order chi connectivity index (χ1) is 9.23. The van der Waals surface area contributed by atoms with E-state index in [-0.39, 0.29) is 31.5 Å². The maximum absolute atomic E-state index is 11.7. The Kier molecular flexibility index (Phi) is 5.32. The van der Waals surface area contributed by atoms with E-state index in [1.165, 1.54) is 9.80 Å². The summed E-state index contributed by atoms with van der Waals surface area (Å²) in [6, 6.07) is -0.270. The Morgan fingerprint density at radius 2 is 1.95 bits per heavy atom. The molecule has 0 unspecified atom stereocenters. The molecule has 3 amide bonds. The SMILES string of the molecule is CN(C)C(=O)CCNC(=O)N1CC(C)(OCC(=O)O)C1. The Bertz CT molecular complexity index is 391. The molecule has 2 N–H and O–H groups in total. The molecule has 0 aromatic rings. The number of likely N-dealkylation sites (tertiary alicyclic amines) is 1. The van der Waals surface area contributed by atoms with Crippen LogP contribution in [0.3, 0.4) is 0 Å². The maximum atomic E-state index is 11.7. The molecule has 0 radical (unpaired) electrons. The number of urea groups is 1. The number of nitrogens with zero attached hydrogens (tertiary/aromatic N) is 2. The number of rotatable bonds is 6. The fourth-order valence-electron chi connectivity index (χ4n) is 1.84. The van der Waals surface area contributed by atoms with Gasteiger partial charge >= 0.3 is 12.0 Å². The van der Waals surface area contributed by atoms with Gasteiger partial charge in [-0.05, 0) is 6.92 Å². The molecule has 1 heterocycles. The third kappa shape index (κ3) is 4.69. The van der Waals surface area contributed by atoms with Gasteiger partial charge in [0.05, 0.1) is 13.1 Å². The zero-order chi connectivity index (χ0) is 15.3. The molecule has 1 aliphatic heterocycles. The first kappa shape index (κ1) is 16.2. The van der Waals surface area contributed by atoms with E-state index in [1.54, 1.807) is 21.0 Å². The first-order valence-corrected chi connectivity index (χ1v) is 6.32. The van der Waals surface area contributed by atoms with Gasteiger partial charge in [-0.2, -0.15) is 0 Å². The molecule has 8 heteroatoms. The van der Waals surface area contributed by atoms with E-state index >= 15 is 0 Å². The summed E-state index contributed by atoms with van der Waals surface area (Å²) in [6.45, 7) is 2.35. The van der Waals surface area contributed by atoms with Crippen LogP contribution in [-0.4, -0.2) is 78.8 Å². The van der Waals surface area contributed by atoms with E-state index in [0.717, 1.165) is 0 Å². The van der Waals surface area contributed by atoms with E-state index in [0.29, 0.717) is 13.1 Å². The van der Waals surface area contributed by atoms with Crippen LogP contribution in [0.1, 0.15) is 13.3 Å². The maximum Gasteiger partial charge on any atom is 0.329 e. The summed E-state index contributed by atoms with van der Waals surface area (Å²) < 4.78 is 5.20. The van der Waals surface area contributed by atoms with Crippen LogP contribution in [0.4, 0.5) is 4.79 Å². The van der Waals surface area contributed by atoms with Gasteiger partial charge in [0.25, 0.3) is 0 Å². The zero-order valence-electron chi connectivity index (χ0n) is 12.0. The lowest BCUT2D eigenvalue weighted by molar-refractivity contribution is -0.159. The standard InChI is InChI=1S/C12H21N3O5/c1-12(20-6-10(17)18)7-15(8-12)11(19)13-5-4-9(16)14(2)3/h4-8H2,1-3H3,(H,13,19)(H,17,18). The number of ether oxygens (including phenoxy) is 1. The molecular formula is C12H21N3O5. The molecule has 0 aromatic carbocycles. The van der Waals surface area contributed by atoms with Gasteiger partial charge in [-0.1, -0.05) is 0 Å². The molecule has 20 heavy (non-hydrogen) atoms. The van der Waals surface area contributed by atoms with E-state index in [4.69, 9.17) is 9.84 Å². The molecule has 0 aromatic heterocycles. The number of nitrogens with one attached hydrogen (secondary N) is 1. The number of carboxylic acids is 1. The summed E-state index contributed by atoms with van der Waals surface area (Å²) in [7, 11) is 3.32. The van der Waals surface area contributed by atoms with Crippen LogP contribution in [0.25, 0.3) is 0 Å². The van der Waals surface area contributed by atoms with Crippen molar-refractivity contribution >= 4 is 17.9 Å². The van der Waals surface area contributed by atoms with Gasteiger partial charge in [0, 0.05) is 27.1 Å². The Morgan fingerprint density at radius 1 is 1.35 bits per heavy atom. The van der Waals surface area contributed by atoms with Crippen molar-refractivity contribution in [3.05, 3.63) is 0 Å². The molecular weight excluding hydrogens is 266 g/mol. The third-order valence-corrected chi connectivity index (χ3v) is 3.00. The van der Waals surface area contributed by atoms with Crippen LogP contribution < -0.4 is 5.32 Å². The molecule has 0 atom stereocenters. The number of carbonyl (C=O) groups excluding carboxylic acids is 2. The minimum absolute atomic E-state index is 0.0523. The van der Waals surface area contributed by atoms with Crippen LogP contribution in [0, 0.1) is 0 Å². The third-order valence-electron chi connectivity index (χ3n) is 3.00. The zero-order valence-corrected chi connectivity index (χ0v) is 12.0. The molecule has 1 rings (SSSR count). The summed E-state index contributed by atoms with van der Waals surface area (Å²) in [4.78, 5) is 36.4. The van der Waals surface area contributed by atoms with Gasteiger partial charge in [-0.25, -0.2) is 9.59 Å². The Labute approximate surface area is 117 Å². The topological polar surface area (TPSA) is 99.2 Å². The van der Waals surface area contributed by atoms with Crippen molar-refractivity contribution < 1.29 is 24.2 Å². The fourth-order valence-corrected chi connectivity index (χ4v) is 1.84. The molecule has 0 bridgehead atoms. The highest BCUT2D eigenvalue weighted by Crippen LogP contribution is 2.24. The Morgan fingerprint density at radius 3 is 2.45 bits per heavy atom. The normalized spacial score (nSPS) is 16.2. The predicted octanol–water partition coefficient (Wildman–Crippen LogP) is -0.650. The van der Waals surface area contributed by atoms with E-state index in [2.05, 4.69) is 5.32 Å². The number of carboxylic acid groups (broad SMARTS) is 1. The van der Waals surface area contributed by atoms with Gasteiger partial charge in [0.1, 0.15) is 12.2 Å². The summed E-state index contributed by atoms with van der Waals surface area (Å²) in [6.07, 6.45) is 0.249. The fraction of sp³-hybridized carbons (Fsp3) is 0.750. The summed E-state index contributed by atoms with van der Waals surface area (Å²) in [5.74, 6) is -1.08. The predicted molar refractivity (Wildman–Crippen MR) is 70.3 cm³/mol. The van der Waals surface area contributed by atoms with Gasteiger partial charge in [0.15, 0.2) is 0 Å². The second-order valence-corrected chi connectivity index (χ2v) is 5.26. The highest BCUT2D eigenvalue weighted by molar-refractivity contribution is 5.78. The summed E-state index contributed by atoms with van der Waals surface area (Å²) in [5, 5.41) is 11.2. The highest BCUT2D eigenvalue weighted by atomic mass is 16.5. The lowest BCUT2D eigenvalue weighted by Crippen LogP contribution is -2.65. The van der Waals surface area contributed by atoms with Crippen molar-refractivity contribution in [2.75, 3.05) is 40.3 Å². The van der Waals surface area contributed by atoms with Gasteiger partial charge in [0.2, 0.25) is 5.91 Å².